The van der Waals surface area contributed by atoms with E-state index in [1.807, 2.05) is 0 Å². The maximum absolute atomic E-state index is 13.2. The lowest BCUT2D eigenvalue weighted by molar-refractivity contribution is 0.111. The van der Waals surface area contributed by atoms with E-state index in [2.05, 4.69) is 9.97 Å². The SMILES string of the molecule is O=Cc1ncc(-c2ccncc2)cc1F. The van der Waals surface area contributed by atoms with Crippen LogP contribution in [0.5, 0.6) is 0 Å². The molecule has 0 aromatic carbocycles. The highest BCUT2D eigenvalue weighted by atomic mass is 19.1. The first-order chi connectivity index (χ1) is 7.31. The zero-order valence-electron chi connectivity index (χ0n) is 7.72. The summed E-state index contributed by atoms with van der Waals surface area (Å²) in [5.41, 5.74) is 1.27. The molecule has 2 aromatic rings. The first kappa shape index (κ1) is 9.45. The highest BCUT2D eigenvalue weighted by molar-refractivity contribution is 5.74. The van der Waals surface area contributed by atoms with Crippen molar-refractivity contribution in [1.82, 2.24) is 9.97 Å². The van der Waals surface area contributed by atoms with Gasteiger partial charge in [-0.1, -0.05) is 0 Å². The van der Waals surface area contributed by atoms with Crippen LogP contribution >= 0.6 is 0 Å². The largest absolute Gasteiger partial charge is 0.296 e. The molecule has 0 bridgehead atoms. The Bertz CT molecular complexity index is 485. The highest BCUT2D eigenvalue weighted by Gasteiger charge is 2.05. The van der Waals surface area contributed by atoms with Gasteiger partial charge in [-0.2, -0.15) is 0 Å². The molecule has 15 heavy (non-hydrogen) atoms. The summed E-state index contributed by atoms with van der Waals surface area (Å²) in [7, 11) is 0. The second-order valence-corrected chi connectivity index (χ2v) is 2.94. The van der Waals surface area contributed by atoms with Crippen molar-refractivity contribution in [2.75, 3.05) is 0 Å². The Balaban J connectivity index is 2.47. The van der Waals surface area contributed by atoms with Crippen molar-refractivity contribution in [2.45, 2.75) is 0 Å². The quantitative estimate of drug-likeness (QED) is 0.700. The molecular formula is C11H7FN2O. The summed E-state index contributed by atoms with van der Waals surface area (Å²) in [4.78, 5) is 17.9. The van der Waals surface area contributed by atoms with Crippen LogP contribution < -0.4 is 0 Å². The van der Waals surface area contributed by atoms with Crippen LogP contribution in [0.15, 0.2) is 36.8 Å². The third-order valence-electron chi connectivity index (χ3n) is 1.99. The van der Waals surface area contributed by atoms with Gasteiger partial charge in [0.25, 0.3) is 0 Å². The smallest absolute Gasteiger partial charge is 0.171 e. The molecular weight excluding hydrogens is 195 g/mol. The topological polar surface area (TPSA) is 42.9 Å². The van der Waals surface area contributed by atoms with E-state index in [0.717, 1.165) is 5.56 Å². The van der Waals surface area contributed by atoms with Gasteiger partial charge in [-0.3, -0.25) is 9.78 Å². The molecule has 74 valence electrons. The summed E-state index contributed by atoms with van der Waals surface area (Å²) in [6.07, 6.45) is 5.08. The Kier molecular flexibility index (Phi) is 2.49. The van der Waals surface area contributed by atoms with Gasteiger partial charge in [-0.05, 0) is 23.8 Å². The molecule has 3 nitrogen and oxygen atoms in total. The fourth-order valence-corrected chi connectivity index (χ4v) is 1.24. The van der Waals surface area contributed by atoms with Gasteiger partial charge in [0.15, 0.2) is 12.1 Å². The first-order valence-electron chi connectivity index (χ1n) is 4.32. The molecule has 0 saturated carbocycles. The fourth-order valence-electron chi connectivity index (χ4n) is 1.24. The number of pyridine rings is 2. The van der Waals surface area contributed by atoms with E-state index < -0.39 is 5.82 Å². The molecule has 0 spiro atoms. The second kappa shape index (κ2) is 3.96. The average Bonchev–Trinajstić information content (AvgIpc) is 2.30. The molecule has 2 rings (SSSR count). The second-order valence-electron chi connectivity index (χ2n) is 2.94. The minimum absolute atomic E-state index is 0.173. The summed E-state index contributed by atoms with van der Waals surface area (Å²) >= 11 is 0. The number of hydrogen-bond donors (Lipinski definition) is 0. The number of nitrogens with zero attached hydrogens (tertiary/aromatic N) is 2. The van der Waals surface area contributed by atoms with Crippen LogP contribution in [0.2, 0.25) is 0 Å². The average molecular weight is 202 g/mol. The van der Waals surface area contributed by atoms with Gasteiger partial charge in [-0.15, -0.1) is 0 Å². The van der Waals surface area contributed by atoms with Crippen LogP contribution in [0.1, 0.15) is 10.5 Å². The Morgan fingerprint density at radius 3 is 2.53 bits per heavy atom. The van der Waals surface area contributed by atoms with Gasteiger partial charge >= 0.3 is 0 Å². The summed E-state index contributed by atoms with van der Waals surface area (Å²) in [6, 6.07) is 4.78. The standard InChI is InChI=1S/C11H7FN2O/c12-10-5-9(6-14-11(10)7-15)8-1-3-13-4-2-8/h1-7H. The number of carbonyl (C=O) groups is 1. The Labute approximate surface area is 85.6 Å². The summed E-state index contributed by atoms with van der Waals surface area (Å²) < 4.78 is 13.2. The maximum Gasteiger partial charge on any atom is 0.171 e. The van der Waals surface area contributed by atoms with Gasteiger partial charge in [-0.25, -0.2) is 9.37 Å². The van der Waals surface area contributed by atoms with Crippen LogP contribution in [-0.2, 0) is 0 Å². The van der Waals surface area contributed by atoms with Crippen LogP contribution in [0.4, 0.5) is 4.39 Å². The van der Waals surface area contributed by atoms with E-state index >= 15 is 0 Å². The number of carbonyl (C=O) groups excluding carboxylic acids is 1. The van der Waals surface area contributed by atoms with E-state index in [-0.39, 0.29) is 5.69 Å². The van der Waals surface area contributed by atoms with Crippen LogP contribution in [0.3, 0.4) is 0 Å². The Morgan fingerprint density at radius 2 is 1.93 bits per heavy atom. The lowest BCUT2D eigenvalue weighted by Crippen LogP contribution is -1.93. The molecule has 2 heterocycles. The highest BCUT2D eigenvalue weighted by Crippen LogP contribution is 2.18. The van der Waals surface area contributed by atoms with Crippen molar-refractivity contribution in [2.24, 2.45) is 0 Å². The predicted octanol–water partition coefficient (Wildman–Crippen LogP) is 2.10. The van der Waals surface area contributed by atoms with Crippen LogP contribution in [0, 0.1) is 5.82 Å². The molecule has 0 N–H and O–H groups in total. The Morgan fingerprint density at radius 1 is 1.20 bits per heavy atom. The zero-order chi connectivity index (χ0) is 10.7. The molecule has 0 amide bonds. The fraction of sp³-hybridized carbons (Fsp3) is 0. The number of aldehydes is 1. The van der Waals surface area contributed by atoms with E-state index in [4.69, 9.17) is 0 Å². The van der Waals surface area contributed by atoms with Gasteiger partial charge in [0.05, 0.1) is 0 Å². The number of rotatable bonds is 2. The Hall–Kier alpha value is -2.10. The predicted molar refractivity (Wildman–Crippen MR) is 52.8 cm³/mol. The summed E-state index contributed by atoms with van der Waals surface area (Å²) in [5, 5.41) is 0. The summed E-state index contributed by atoms with van der Waals surface area (Å²) in [5.74, 6) is -0.612. The van der Waals surface area contributed by atoms with Gasteiger partial charge in [0.2, 0.25) is 0 Å². The van der Waals surface area contributed by atoms with E-state index in [9.17, 15) is 9.18 Å². The molecule has 0 saturated heterocycles. The van der Waals surface area contributed by atoms with E-state index in [1.54, 1.807) is 24.5 Å². The van der Waals surface area contributed by atoms with Gasteiger partial charge in [0.1, 0.15) is 5.69 Å². The molecule has 0 aliphatic rings. The normalized spacial score (nSPS) is 9.93. The summed E-state index contributed by atoms with van der Waals surface area (Å²) in [6.45, 7) is 0. The molecule has 0 radical (unpaired) electrons. The molecule has 0 aliphatic heterocycles. The number of aromatic nitrogens is 2. The molecule has 0 unspecified atom stereocenters. The third-order valence-corrected chi connectivity index (χ3v) is 1.99. The molecule has 0 fully saturated rings. The lowest BCUT2D eigenvalue weighted by Gasteiger charge is -2.01. The molecule has 0 aliphatic carbocycles. The van der Waals surface area contributed by atoms with Gasteiger partial charge in [0, 0.05) is 24.2 Å². The minimum atomic E-state index is -0.612. The van der Waals surface area contributed by atoms with Crippen molar-refractivity contribution >= 4 is 6.29 Å². The van der Waals surface area contributed by atoms with E-state index in [0.29, 0.717) is 11.8 Å². The lowest BCUT2D eigenvalue weighted by atomic mass is 10.1. The van der Waals surface area contributed by atoms with Crippen LogP contribution in [0.25, 0.3) is 11.1 Å². The molecule has 4 heteroatoms. The number of hydrogen-bond acceptors (Lipinski definition) is 3. The van der Waals surface area contributed by atoms with Crippen LogP contribution in [-0.4, -0.2) is 16.3 Å². The van der Waals surface area contributed by atoms with Crippen molar-refractivity contribution in [3.8, 4) is 11.1 Å². The third kappa shape index (κ3) is 1.88. The molecule has 2 aromatic heterocycles. The zero-order valence-corrected chi connectivity index (χ0v) is 7.72. The van der Waals surface area contributed by atoms with Crippen molar-refractivity contribution in [3.63, 3.8) is 0 Å². The van der Waals surface area contributed by atoms with E-state index in [1.165, 1.54) is 12.3 Å². The maximum atomic E-state index is 13.2. The minimum Gasteiger partial charge on any atom is -0.296 e. The van der Waals surface area contributed by atoms with Gasteiger partial charge < -0.3 is 0 Å². The first-order valence-corrected chi connectivity index (χ1v) is 4.32. The van der Waals surface area contributed by atoms with Crippen molar-refractivity contribution in [1.29, 1.82) is 0 Å². The molecule has 0 atom stereocenters. The number of halogens is 1. The monoisotopic (exact) mass is 202 g/mol. The van der Waals surface area contributed by atoms with Crippen molar-refractivity contribution < 1.29 is 9.18 Å². The van der Waals surface area contributed by atoms with Crippen molar-refractivity contribution in [3.05, 3.63) is 48.3 Å².